The molecule has 1 aromatic carbocycles. The molecule has 0 unspecified atom stereocenters. The molecule has 0 bridgehead atoms. The van der Waals surface area contributed by atoms with Crippen LogP contribution in [0.5, 0.6) is 0 Å². The van der Waals surface area contributed by atoms with Crippen LogP contribution in [0.1, 0.15) is 10.5 Å². The van der Waals surface area contributed by atoms with Crippen LogP contribution in [0, 0.1) is 0 Å². The van der Waals surface area contributed by atoms with Crippen molar-refractivity contribution in [3.8, 4) is 0 Å². The van der Waals surface area contributed by atoms with Gasteiger partial charge in [-0.2, -0.15) is 0 Å². The molecule has 0 aliphatic rings. The zero-order chi connectivity index (χ0) is 15.9. The number of H-pyrrole nitrogens is 1. The molecule has 0 atom stereocenters. The Balaban J connectivity index is 1.85. The summed E-state index contributed by atoms with van der Waals surface area (Å²) in [6, 6.07) is 8.31. The smallest absolute Gasteiger partial charge is 0.355 e. The van der Waals surface area contributed by atoms with E-state index in [-0.39, 0.29) is 12.2 Å². The van der Waals surface area contributed by atoms with Crippen molar-refractivity contribution in [2.24, 2.45) is 0 Å². The number of hydrogen-bond acceptors (Lipinski definition) is 4. The van der Waals surface area contributed by atoms with Crippen molar-refractivity contribution < 1.29 is 19.1 Å². The van der Waals surface area contributed by atoms with Gasteiger partial charge in [0.2, 0.25) is 0 Å². The van der Waals surface area contributed by atoms with Gasteiger partial charge < -0.3 is 15.0 Å². The van der Waals surface area contributed by atoms with Crippen LogP contribution in [0.25, 0.3) is 10.9 Å². The molecule has 1 heterocycles. The molecule has 7 nitrogen and oxygen atoms in total. The number of rotatable bonds is 5. The van der Waals surface area contributed by atoms with Crippen LogP contribution in [-0.4, -0.2) is 36.0 Å². The number of imide groups is 1. The van der Waals surface area contributed by atoms with Gasteiger partial charge in [0.25, 0.3) is 5.91 Å². The fourth-order valence-electron chi connectivity index (χ4n) is 1.76. The molecular weight excluding hydrogens is 286 g/mol. The molecule has 7 heteroatoms. The van der Waals surface area contributed by atoms with Crippen LogP contribution in [0.3, 0.4) is 0 Å². The summed E-state index contributed by atoms with van der Waals surface area (Å²) in [6.45, 7) is 3.11. The van der Waals surface area contributed by atoms with Gasteiger partial charge in [0.1, 0.15) is 5.69 Å². The Bertz CT molecular complexity index is 687. The number of hydrogen-bond donors (Lipinski definition) is 3. The molecule has 3 amide bonds. The lowest BCUT2D eigenvalue weighted by atomic mass is 10.2. The molecule has 2 rings (SSSR count). The Kier molecular flexibility index (Phi) is 4.92. The van der Waals surface area contributed by atoms with Gasteiger partial charge in [-0.25, -0.2) is 9.59 Å². The quantitative estimate of drug-likeness (QED) is 0.573. The molecule has 0 fully saturated rings. The monoisotopic (exact) mass is 301 g/mol. The molecule has 0 radical (unpaired) electrons. The first-order chi connectivity index (χ1) is 10.6. The molecule has 0 spiro atoms. The van der Waals surface area contributed by atoms with Crippen molar-refractivity contribution in [2.45, 2.75) is 0 Å². The van der Waals surface area contributed by atoms with E-state index in [1.165, 1.54) is 6.08 Å². The fraction of sp³-hybridized carbons (Fsp3) is 0.133. The minimum atomic E-state index is -0.717. The van der Waals surface area contributed by atoms with Crippen LogP contribution in [0.4, 0.5) is 4.79 Å². The van der Waals surface area contributed by atoms with Gasteiger partial charge >= 0.3 is 12.0 Å². The minimum absolute atomic E-state index is 0.230. The number of aromatic nitrogens is 1. The highest BCUT2D eigenvalue weighted by Gasteiger charge is 2.14. The van der Waals surface area contributed by atoms with Gasteiger partial charge in [0, 0.05) is 17.4 Å². The summed E-state index contributed by atoms with van der Waals surface area (Å²) in [5.41, 5.74) is 1.04. The second-order valence-corrected chi connectivity index (χ2v) is 4.39. The molecule has 3 N–H and O–H groups in total. The van der Waals surface area contributed by atoms with Crippen molar-refractivity contribution in [2.75, 3.05) is 13.2 Å². The fourth-order valence-corrected chi connectivity index (χ4v) is 1.76. The summed E-state index contributed by atoms with van der Waals surface area (Å²) in [5, 5.41) is 5.25. The summed E-state index contributed by atoms with van der Waals surface area (Å²) in [6.07, 6.45) is 1.47. The van der Waals surface area contributed by atoms with E-state index in [0.29, 0.717) is 0 Å². The number of carbonyl (C=O) groups excluding carboxylic acids is 3. The normalized spacial score (nSPS) is 10.0. The van der Waals surface area contributed by atoms with Crippen LogP contribution >= 0.6 is 0 Å². The summed E-state index contributed by atoms with van der Waals surface area (Å²) < 4.78 is 4.84. The van der Waals surface area contributed by atoms with E-state index in [4.69, 9.17) is 4.74 Å². The summed E-state index contributed by atoms with van der Waals surface area (Å²) in [4.78, 5) is 37.4. The van der Waals surface area contributed by atoms with Gasteiger partial charge in [-0.15, -0.1) is 6.58 Å². The number of aromatic amines is 1. The molecule has 0 saturated heterocycles. The lowest BCUT2D eigenvalue weighted by molar-refractivity contribution is -0.123. The van der Waals surface area contributed by atoms with Crippen molar-refractivity contribution in [1.29, 1.82) is 0 Å². The van der Waals surface area contributed by atoms with Crippen LogP contribution in [0.2, 0.25) is 0 Å². The first-order valence-corrected chi connectivity index (χ1v) is 6.53. The van der Waals surface area contributed by atoms with E-state index in [0.717, 1.165) is 10.9 Å². The van der Waals surface area contributed by atoms with Crippen molar-refractivity contribution >= 4 is 28.8 Å². The topological polar surface area (TPSA) is 100 Å². The van der Waals surface area contributed by atoms with E-state index >= 15 is 0 Å². The molecule has 0 saturated carbocycles. The lowest BCUT2D eigenvalue weighted by Gasteiger charge is -2.05. The van der Waals surface area contributed by atoms with Crippen molar-refractivity contribution in [3.05, 3.63) is 48.7 Å². The SMILES string of the molecule is C=CCNC(=O)NC(=O)COC(=O)c1cc2ccccc2[nH]1. The summed E-state index contributed by atoms with van der Waals surface area (Å²) >= 11 is 0. The summed E-state index contributed by atoms with van der Waals surface area (Å²) in [5.74, 6) is -1.39. The number of para-hydroxylation sites is 1. The molecule has 0 aliphatic carbocycles. The lowest BCUT2D eigenvalue weighted by Crippen LogP contribution is -2.41. The molecule has 2 aromatic rings. The number of esters is 1. The van der Waals surface area contributed by atoms with Gasteiger partial charge in [0.15, 0.2) is 6.61 Å². The third kappa shape index (κ3) is 3.95. The predicted molar refractivity (Wildman–Crippen MR) is 80.3 cm³/mol. The zero-order valence-electron chi connectivity index (χ0n) is 11.7. The number of nitrogens with one attached hydrogen (secondary N) is 3. The van der Waals surface area contributed by atoms with E-state index in [2.05, 4.69) is 16.9 Å². The predicted octanol–water partition coefficient (Wildman–Crippen LogP) is 1.34. The second kappa shape index (κ2) is 7.07. The molecule has 0 aliphatic heterocycles. The maximum absolute atomic E-state index is 11.8. The van der Waals surface area contributed by atoms with Crippen molar-refractivity contribution in [1.82, 2.24) is 15.6 Å². The molecule has 114 valence electrons. The first kappa shape index (κ1) is 15.3. The number of urea groups is 1. The summed E-state index contributed by atoms with van der Waals surface area (Å²) in [7, 11) is 0. The van der Waals surface area contributed by atoms with Gasteiger partial charge in [-0.1, -0.05) is 24.3 Å². The Morgan fingerprint density at radius 3 is 2.77 bits per heavy atom. The van der Waals surface area contributed by atoms with E-state index < -0.39 is 24.5 Å². The highest BCUT2D eigenvalue weighted by atomic mass is 16.5. The number of carbonyl (C=O) groups is 3. The largest absolute Gasteiger partial charge is 0.451 e. The highest BCUT2D eigenvalue weighted by Crippen LogP contribution is 2.15. The second-order valence-electron chi connectivity index (χ2n) is 4.39. The Morgan fingerprint density at radius 1 is 1.27 bits per heavy atom. The molecular formula is C15H15N3O4. The Labute approximate surface area is 126 Å². The first-order valence-electron chi connectivity index (χ1n) is 6.53. The van der Waals surface area contributed by atoms with Gasteiger partial charge in [-0.3, -0.25) is 10.1 Å². The van der Waals surface area contributed by atoms with Crippen LogP contribution in [-0.2, 0) is 9.53 Å². The van der Waals surface area contributed by atoms with Crippen molar-refractivity contribution in [3.63, 3.8) is 0 Å². The number of amides is 3. The zero-order valence-corrected chi connectivity index (χ0v) is 11.7. The Morgan fingerprint density at radius 2 is 2.05 bits per heavy atom. The van der Waals surface area contributed by atoms with Gasteiger partial charge in [0.05, 0.1) is 0 Å². The number of ether oxygens (including phenoxy) is 1. The van der Waals surface area contributed by atoms with E-state index in [1.807, 2.05) is 29.6 Å². The Hall–Kier alpha value is -3.09. The standard InChI is InChI=1S/C15H15N3O4/c1-2-7-16-15(21)18-13(19)9-22-14(20)12-8-10-5-3-4-6-11(10)17-12/h2-6,8,17H,1,7,9H2,(H2,16,18,19,21). The van der Waals surface area contributed by atoms with E-state index in [9.17, 15) is 14.4 Å². The average molecular weight is 301 g/mol. The highest BCUT2D eigenvalue weighted by molar-refractivity contribution is 5.98. The maximum atomic E-state index is 11.8. The minimum Gasteiger partial charge on any atom is -0.451 e. The van der Waals surface area contributed by atoms with Crippen LogP contribution < -0.4 is 10.6 Å². The third-order valence-electron chi connectivity index (χ3n) is 2.74. The van der Waals surface area contributed by atoms with Gasteiger partial charge in [-0.05, 0) is 12.1 Å². The van der Waals surface area contributed by atoms with E-state index in [1.54, 1.807) is 6.07 Å². The third-order valence-corrected chi connectivity index (χ3v) is 2.74. The molecule has 22 heavy (non-hydrogen) atoms. The average Bonchev–Trinajstić information content (AvgIpc) is 2.94. The number of benzene rings is 1. The number of fused-ring (bicyclic) bond motifs is 1. The maximum Gasteiger partial charge on any atom is 0.355 e. The molecule has 1 aromatic heterocycles. The van der Waals surface area contributed by atoms with Crippen LogP contribution in [0.15, 0.2) is 43.0 Å².